The van der Waals surface area contributed by atoms with Crippen LogP contribution in [-0.2, 0) is 6.42 Å². The van der Waals surface area contributed by atoms with Gasteiger partial charge in [0.25, 0.3) is 0 Å². The number of hydrogen-bond donors (Lipinski definition) is 0. The monoisotopic (exact) mass is 327 g/mol. The minimum atomic E-state index is -0.235. The lowest BCUT2D eigenvalue weighted by Crippen LogP contribution is -1.83. The summed E-state index contributed by atoms with van der Waals surface area (Å²) in [4.78, 5) is 5.35. The number of aromatic nitrogens is 3. The summed E-state index contributed by atoms with van der Waals surface area (Å²) in [5, 5.41) is 5.46. The second-order valence-electron chi connectivity index (χ2n) is 3.71. The zero-order valence-corrected chi connectivity index (χ0v) is 12.2. The Labute approximate surface area is 118 Å². The van der Waals surface area contributed by atoms with Gasteiger partial charge in [-0.2, -0.15) is 5.10 Å². The van der Waals surface area contributed by atoms with Gasteiger partial charge in [0.05, 0.1) is 11.9 Å². The van der Waals surface area contributed by atoms with Gasteiger partial charge in [0.2, 0.25) is 4.96 Å². The number of halogens is 2. The summed E-state index contributed by atoms with van der Waals surface area (Å²) < 4.78 is 14.6. The molecule has 18 heavy (non-hydrogen) atoms. The minimum Gasteiger partial charge on any atom is -0.217 e. The summed E-state index contributed by atoms with van der Waals surface area (Å²) >= 11 is 1.58. The average molecular weight is 328 g/mol. The van der Waals surface area contributed by atoms with E-state index in [9.17, 15) is 4.39 Å². The van der Waals surface area contributed by atoms with Crippen molar-refractivity contribution in [2.75, 3.05) is 0 Å². The highest BCUT2D eigenvalue weighted by Gasteiger charge is 2.08. The van der Waals surface area contributed by atoms with Crippen molar-refractivity contribution in [3.63, 3.8) is 0 Å². The van der Waals surface area contributed by atoms with Crippen LogP contribution >= 0.6 is 28.3 Å². The third kappa shape index (κ3) is 2.30. The normalized spacial score (nSPS) is 10.6. The molecule has 1 aromatic carbocycles. The Morgan fingerprint density at radius 1 is 1.28 bits per heavy atom. The van der Waals surface area contributed by atoms with Crippen LogP contribution in [0.15, 0.2) is 30.5 Å². The standard InChI is InChI=1S/C12H10FN3S.BrH/c1-2-11-15-16-7-10(14-12(16)17-11)8-3-5-9(13)6-4-8;/h3-7H,2H2,1H3;1H. The summed E-state index contributed by atoms with van der Waals surface area (Å²) in [6, 6.07) is 6.33. The van der Waals surface area contributed by atoms with Gasteiger partial charge in [-0.3, -0.25) is 0 Å². The fraction of sp³-hybridized carbons (Fsp3) is 0.167. The van der Waals surface area contributed by atoms with Crippen molar-refractivity contribution in [1.82, 2.24) is 14.6 Å². The predicted molar refractivity (Wildman–Crippen MR) is 76.0 cm³/mol. The van der Waals surface area contributed by atoms with E-state index in [1.165, 1.54) is 12.1 Å². The maximum absolute atomic E-state index is 12.8. The molecule has 0 radical (unpaired) electrons. The smallest absolute Gasteiger partial charge is 0.212 e. The van der Waals surface area contributed by atoms with Crippen LogP contribution in [-0.4, -0.2) is 14.6 Å². The molecule has 0 saturated heterocycles. The molecule has 3 aromatic rings. The molecule has 0 aliphatic carbocycles. The van der Waals surface area contributed by atoms with E-state index < -0.39 is 0 Å². The molecule has 0 saturated carbocycles. The molecular formula is C12H11BrFN3S. The third-order valence-corrected chi connectivity index (χ3v) is 3.59. The van der Waals surface area contributed by atoms with Gasteiger partial charge in [0.15, 0.2) is 0 Å². The Morgan fingerprint density at radius 2 is 2.00 bits per heavy atom. The van der Waals surface area contributed by atoms with E-state index in [0.717, 1.165) is 27.6 Å². The number of hydrogen-bond acceptors (Lipinski definition) is 3. The van der Waals surface area contributed by atoms with Crippen molar-refractivity contribution in [2.24, 2.45) is 0 Å². The number of fused-ring (bicyclic) bond motifs is 1. The molecule has 2 heterocycles. The fourth-order valence-corrected chi connectivity index (χ4v) is 2.46. The Morgan fingerprint density at radius 3 is 2.61 bits per heavy atom. The lowest BCUT2D eigenvalue weighted by molar-refractivity contribution is 0.628. The van der Waals surface area contributed by atoms with Gasteiger partial charge < -0.3 is 0 Å². The van der Waals surface area contributed by atoms with Crippen molar-refractivity contribution in [1.29, 1.82) is 0 Å². The Kier molecular flexibility index (Phi) is 3.77. The summed E-state index contributed by atoms with van der Waals surface area (Å²) in [6.45, 7) is 2.07. The zero-order chi connectivity index (χ0) is 11.8. The topological polar surface area (TPSA) is 30.2 Å². The lowest BCUT2D eigenvalue weighted by atomic mass is 10.2. The maximum Gasteiger partial charge on any atom is 0.212 e. The molecule has 3 nitrogen and oxygen atoms in total. The minimum absolute atomic E-state index is 0. The number of nitrogens with zero attached hydrogens (tertiary/aromatic N) is 3. The van der Waals surface area contributed by atoms with Crippen molar-refractivity contribution in [3.05, 3.63) is 41.3 Å². The highest BCUT2D eigenvalue weighted by Crippen LogP contribution is 2.22. The maximum atomic E-state index is 12.8. The number of rotatable bonds is 2. The van der Waals surface area contributed by atoms with Gasteiger partial charge in [0.1, 0.15) is 10.8 Å². The highest BCUT2D eigenvalue weighted by atomic mass is 79.9. The molecule has 0 atom stereocenters. The Balaban J connectivity index is 0.00000120. The molecule has 0 unspecified atom stereocenters. The van der Waals surface area contributed by atoms with Crippen LogP contribution in [0.2, 0.25) is 0 Å². The van der Waals surface area contributed by atoms with Crippen molar-refractivity contribution < 1.29 is 4.39 Å². The van der Waals surface area contributed by atoms with Gasteiger partial charge in [0, 0.05) is 5.56 Å². The molecule has 0 bridgehead atoms. The van der Waals surface area contributed by atoms with E-state index in [1.807, 2.05) is 6.20 Å². The zero-order valence-electron chi connectivity index (χ0n) is 9.63. The Hall–Kier alpha value is -1.27. The SMILES string of the molecule is Br.CCc1nn2cc(-c3ccc(F)cc3)nc2s1. The third-order valence-electron chi connectivity index (χ3n) is 2.53. The highest BCUT2D eigenvalue weighted by molar-refractivity contribution is 8.93. The van der Waals surface area contributed by atoms with E-state index >= 15 is 0 Å². The van der Waals surface area contributed by atoms with Gasteiger partial charge in [-0.1, -0.05) is 18.3 Å². The van der Waals surface area contributed by atoms with E-state index in [2.05, 4.69) is 17.0 Å². The molecule has 6 heteroatoms. The van der Waals surface area contributed by atoms with Crippen molar-refractivity contribution >= 4 is 33.3 Å². The Bertz CT molecular complexity index is 628. The summed E-state index contributed by atoms with van der Waals surface area (Å²) in [5.41, 5.74) is 1.73. The van der Waals surface area contributed by atoms with E-state index in [0.29, 0.717) is 0 Å². The largest absolute Gasteiger partial charge is 0.217 e. The quantitative estimate of drug-likeness (QED) is 0.717. The van der Waals surface area contributed by atoms with Gasteiger partial charge >= 0.3 is 0 Å². The molecule has 0 N–H and O–H groups in total. The van der Waals surface area contributed by atoms with Crippen LogP contribution < -0.4 is 0 Å². The summed E-state index contributed by atoms with van der Waals surface area (Å²) in [6.07, 6.45) is 2.79. The first-order valence-corrected chi connectivity index (χ1v) is 6.19. The molecule has 0 amide bonds. The molecule has 2 aromatic heterocycles. The number of aryl methyl sites for hydroxylation is 1. The van der Waals surface area contributed by atoms with Crippen LogP contribution in [0.5, 0.6) is 0 Å². The summed E-state index contributed by atoms with van der Waals surface area (Å²) in [5.74, 6) is -0.235. The van der Waals surface area contributed by atoms with Crippen LogP contribution in [0.3, 0.4) is 0 Å². The summed E-state index contributed by atoms with van der Waals surface area (Å²) in [7, 11) is 0. The molecule has 3 rings (SSSR count). The van der Waals surface area contributed by atoms with E-state index in [4.69, 9.17) is 0 Å². The second kappa shape index (κ2) is 5.16. The van der Waals surface area contributed by atoms with Crippen LogP contribution in [0, 0.1) is 5.82 Å². The van der Waals surface area contributed by atoms with Gasteiger partial charge in [-0.15, -0.1) is 17.0 Å². The number of benzene rings is 1. The molecule has 0 spiro atoms. The average Bonchev–Trinajstić information content (AvgIpc) is 2.87. The van der Waals surface area contributed by atoms with E-state index in [-0.39, 0.29) is 22.8 Å². The van der Waals surface area contributed by atoms with Crippen molar-refractivity contribution in [2.45, 2.75) is 13.3 Å². The molecule has 0 fully saturated rings. The predicted octanol–water partition coefficient (Wildman–Crippen LogP) is 3.74. The van der Waals surface area contributed by atoms with Crippen LogP contribution in [0.4, 0.5) is 4.39 Å². The number of imidazole rings is 1. The molecule has 0 aliphatic heterocycles. The molecular weight excluding hydrogens is 317 g/mol. The molecule has 0 aliphatic rings. The first kappa shape index (κ1) is 13.2. The first-order valence-electron chi connectivity index (χ1n) is 5.37. The first-order chi connectivity index (χ1) is 8.26. The fourth-order valence-electron chi connectivity index (χ4n) is 1.64. The molecule has 94 valence electrons. The van der Waals surface area contributed by atoms with E-state index in [1.54, 1.807) is 28.0 Å². The van der Waals surface area contributed by atoms with Crippen LogP contribution in [0.25, 0.3) is 16.2 Å². The lowest BCUT2D eigenvalue weighted by Gasteiger charge is -1.94. The van der Waals surface area contributed by atoms with Crippen molar-refractivity contribution in [3.8, 4) is 11.3 Å². The second-order valence-corrected chi connectivity index (χ2v) is 4.75. The van der Waals surface area contributed by atoms with Crippen LogP contribution in [0.1, 0.15) is 11.9 Å². The van der Waals surface area contributed by atoms with Gasteiger partial charge in [-0.25, -0.2) is 13.9 Å². The van der Waals surface area contributed by atoms with Gasteiger partial charge in [-0.05, 0) is 30.7 Å².